The molecule has 0 amide bonds. The van der Waals surface area contributed by atoms with E-state index in [0.717, 1.165) is 12.8 Å². The smallest absolute Gasteiger partial charge is 0.0569 e. The number of fused-ring (bicyclic) bond motifs is 2. The quantitative estimate of drug-likeness (QED) is 0.489. The predicted octanol–water partition coefficient (Wildman–Crippen LogP) is 0.262. The molecule has 2 nitrogen and oxygen atoms in total. The zero-order chi connectivity index (χ0) is 6.27. The van der Waals surface area contributed by atoms with Gasteiger partial charge in [0.1, 0.15) is 0 Å². The van der Waals surface area contributed by atoms with Gasteiger partial charge in [-0.25, -0.2) is 0 Å². The maximum absolute atomic E-state index is 9.25. The highest BCUT2D eigenvalue weighted by Gasteiger charge is 2.31. The van der Waals surface area contributed by atoms with Crippen molar-refractivity contribution in [3.63, 3.8) is 0 Å². The molecule has 9 heavy (non-hydrogen) atoms. The van der Waals surface area contributed by atoms with E-state index in [1.807, 2.05) is 0 Å². The SMILES string of the molecule is OC1CC2CC[C@H](C1)N2. The third kappa shape index (κ3) is 0.970. The fourth-order valence-electron chi connectivity index (χ4n) is 2.03. The lowest BCUT2D eigenvalue weighted by molar-refractivity contribution is 0.114. The van der Waals surface area contributed by atoms with Crippen LogP contribution in [0.4, 0.5) is 0 Å². The molecule has 0 radical (unpaired) electrons. The fourth-order valence-corrected chi connectivity index (χ4v) is 2.03. The zero-order valence-corrected chi connectivity index (χ0v) is 5.51. The Hall–Kier alpha value is -0.0800. The summed E-state index contributed by atoms with van der Waals surface area (Å²) in [5.41, 5.74) is 0. The van der Waals surface area contributed by atoms with Gasteiger partial charge in [-0.2, -0.15) is 0 Å². The van der Waals surface area contributed by atoms with Gasteiger partial charge in [0, 0.05) is 12.1 Å². The minimum atomic E-state index is -0.0104. The van der Waals surface area contributed by atoms with E-state index in [0.29, 0.717) is 12.1 Å². The summed E-state index contributed by atoms with van der Waals surface area (Å²) in [5, 5.41) is 12.7. The van der Waals surface area contributed by atoms with Crippen LogP contribution in [0.15, 0.2) is 0 Å². The lowest BCUT2D eigenvalue weighted by Crippen LogP contribution is -2.40. The number of aliphatic hydroxyl groups is 1. The molecule has 2 bridgehead atoms. The minimum Gasteiger partial charge on any atom is -0.393 e. The number of piperidine rings is 1. The van der Waals surface area contributed by atoms with E-state index in [-0.39, 0.29) is 6.10 Å². The molecule has 0 aliphatic carbocycles. The molecule has 2 heteroatoms. The van der Waals surface area contributed by atoms with E-state index < -0.39 is 0 Å². The lowest BCUT2D eigenvalue weighted by Gasteiger charge is -2.24. The van der Waals surface area contributed by atoms with Gasteiger partial charge >= 0.3 is 0 Å². The van der Waals surface area contributed by atoms with E-state index in [1.54, 1.807) is 0 Å². The lowest BCUT2D eigenvalue weighted by atomic mass is 10.0. The Morgan fingerprint density at radius 2 is 1.67 bits per heavy atom. The molecule has 2 saturated heterocycles. The largest absolute Gasteiger partial charge is 0.393 e. The Morgan fingerprint density at radius 1 is 1.11 bits per heavy atom. The van der Waals surface area contributed by atoms with Gasteiger partial charge in [-0.1, -0.05) is 0 Å². The third-order valence-corrected chi connectivity index (χ3v) is 2.45. The molecular weight excluding hydrogens is 114 g/mol. The first-order chi connectivity index (χ1) is 4.34. The molecule has 2 N–H and O–H groups in total. The molecule has 2 heterocycles. The first-order valence-electron chi connectivity index (χ1n) is 3.79. The van der Waals surface area contributed by atoms with E-state index in [9.17, 15) is 5.11 Å². The van der Waals surface area contributed by atoms with Crippen molar-refractivity contribution in [2.45, 2.75) is 43.9 Å². The highest BCUT2D eigenvalue weighted by atomic mass is 16.3. The number of aliphatic hydroxyl groups excluding tert-OH is 1. The van der Waals surface area contributed by atoms with Crippen molar-refractivity contribution in [1.29, 1.82) is 0 Å². The molecule has 0 saturated carbocycles. The van der Waals surface area contributed by atoms with Crippen LogP contribution in [-0.4, -0.2) is 23.3 Å². The van der Waals surface area contributed by atoms with Gasteiger partial charge in [0.05, 0.1) is 6.10 Å². The predicted molar refractivity (Wildman–Crippen MR) is 35.2 cm³/mol. The van der Waals surface area contributed by atoms with Gasteiger partial charge in [-0.15, -0.1) is 0 Å². The summed E-state index contributed by atoms with van der Waals surface area (Å²) in [6.07, 6.45) is 4.51. The summed E-state index contributed by atoms with van der Waals surface area (Å²) in [7, 11) is 0. The van der Waals surface area contributed by atoms with Gasteiger partial charge in [-0.05, 0) is 25.7 Å². The van der Waals surface area contributed by atoms with E-state index in [4.69, 9.17) is 0 Å². The van der Waals surface area contributed by atoms with Crippen molar-refractivity contribution in [3.8, 4) is 0 Å². The standard InChI is InChI=1S/C7H13NO/c9-7-3-5-1-2-6(4-7)8-5/h5-9H,1-4H2/t5-,6?,7?/m1/s1. The maximum Gasteiger partial charge on any atom is 0.0569 e. The number of nitrogens with one attached hydrogen (secondary N) is 1. The van der Waals surface area contributed by atoms with Gasteiger partial charge < -0.3 is 10.4 Å². The van der Waals surface area contributed by atoms with Gasteiger partial charge in [0.15, 0.2) is 0 Å². The second-order valence-corrected chi connectivity index (χ2v) is 3.26. The van der Waals surface area contributed by atoms with Crippen molar-refractivity contribution in [1.82, 2.24) is 5.32 Å². The van der Waals surface area contributed by atoms with Crippen molar-refractivity contribution in [2.75, 3.05) is 0 Å². The van der Waals surface area contributed by atoms with Crippen molar-refractivity contribution in [3.05, 3.63) is 0 Å². The molecule has 2 unspecified atom stereocenters. The van der Waals surface area contributed by atoms with E-state index >= 15 is 0 Å². The molecule has 2 rings (SSSR count). The van der Waals surface area contributed by atoms with Gasteiger partial charge in [0.25, 0.3) is 0 Å². The van der Waals surface area contributed by atoms with Crippen LogP contribution in [0.1, 0.15) is 25.7 Å². The molecule has 2 aliphatic heterocycles. The van der Waals surface area contributed by atoms with E-state index in [1.165, 1.54) is 12.8 Å². The minimum absolute atomic E-state index is 0.0104. The molecule has 0 aromatic heterocycles. The number of rotatable bonds is 0. The molecule has 0 aromatic rings. The zero-order valence-electron chi connectivity index (χ0n) is 5.51. The summed E-state index contributed by atoms with van der Waals surface area (Å²) in [6.45, 7) is 0. The number of hydrogen-bond donors (Lipinski definition) is 2. The Bertz CT molecular complexity index is 103. The summed E-state index contributed by atoms with van der Waals surface area (Å²) >= 11 is 0. The average Bonchev–Trinajstić information content (AvgIpc) is 2.11. The Morgan fingerprint density at radius 3 is 2.22 bits per heavy atom. The first kappa shape index (κ1) is 5.69. The second-order valence-electron chi connectivity index (χ2n) is 3.26. The van der Waals surface area contributed by atoms with E-state index in [2.05, 4.69) is 5.32 Å². The van der Waals surface area contributed by atoms with Gasteiger partial charge in [0.2, 0.25) is 0 Å². The highest BCUT2D eigenvalue weighted by molar-refractivity contribution is 4.91. The van der Waals surface area contributed by atoms with Crippen LogP contribution in [0, 0.1) is 0 Å². The summed E-state index contributed by atoms with van der Waals surface area (Å²) in [6, 6.07) is 1.28. The fraction of sp³-hybridized carbons (Fsp3) is 1.00. The molecule has 0 spiro atoms. The second kappa shape index (κ2) is 1.96. The average molecular weight is 127 g/mol. The van der Waals surface area contributed by atoms with Crippen LogP contribution in [-0.2, 0) is 0 Å². The van der Waals surface area contributed by atoms with Crippen LogP contribution in [0.3, 0.4) is 0 Å². The molecule has 52 valence electrons. The Kier molecular flexibility index (Phi) is 1.24. The topological polar surface area (TPSA) is 32.3 Å². The van der Waals surface area contributed by atoms with Crippen molar-refractivity contribution < 1.29 is 5.11 Å². The Balaban J connectivity index is 2.03. The van der Waals surface area contributed by atoms with Crippen LogP contribution >= 0.6 is 0 Å². The highest BCUT2D eigenvalue weighted by Crippen LogP contribution is 2.26. The maximum atomic E-state index is 9.25. The molecule has 2 fully saturated rings. The van der Waals surface area contributed by atoms with Crippen LogP contribution in [0.25, 0.3) is 0 Å². The van der Waals surface area contributed by atoms with Crippen LogP contribution < -0.4 is 5.32 Å². The summed E-state index contributed by atoms with van der Waals surface area (Å²) in [4.78, 5) is 0. The molecule has 3 atom stereocenters. The molecule has 0 aromatic carbocycles. The number of hydrogen-bond acceptors (Lipinski definition) is 2. The third-order valence-electron chi connectivity index (χ3n) is 2.45. The van der Waals surface area contributed by atoms with Crippen molar-refractivity contribution >= 4 is 0 Å². The summed E-state index contributed by atoms with van der Waals surface area (Å²) in [5.74, 6) is 0. The normalized spacial score (nSPS) is 49.7. The first-order valence-corrected chi connectivity index (χ1v) is 3.79. The monoisotopic (exact) mass is 127 g/mol. The summed E-state index contributed by atoms with van der Waals surface area (Å²) < 4.78 is 0. The van der Waals surface area contributed by atoms with Crippen molar-refractivity contribution in [2.24, 2.45) is 0 Å². The molecular formula is C7H13NO. The van der Waals surface area contributed by atoms with Crippen LogP contribution in [0.2, 0.25) is 0 Å². The Labute approximate surface area is 55.3 Å². The molecule has 2 aliphatic rings. The van der Waals surface area contributed by atoms with Gasteiger partial charge in [-0.3, -0.25) is 0 Å². The van der Waals surface area contributed by atoms with Crippen LogP contribution in [0.5, 0.6) is 0 Å².